The average Bonchev–Trinajstić information content (AvgIpc) is 3.43. The summed E-state index contributed by atoms with van der Waals surface area (Å²) in [6.07, 6.45) is 5.52. The van der Waals surface area contributed by atoms with Crippen LogP contribution < -0.4 is 0 Å². The SMILES string of the molecule is O=CC(=O)c1c2c([N+](=O)[O-])cccc2cn1-c1ccccc1C=Cc1n[nH]c2ccccc12. The maximum Gasteiger partial charge on any atom is 0.279 e. The van der Waals surface area contributed by atoms with Gasteiger partial charge < -0.3 is 4.57 Å². The second-order valence-electron chi connectivity index (χ2n) is 7.37. The van der Waals surface area contributed by atoms with Crippen molar-refractivity contribution in [2.24, 2.45) is 0 Å². The molecule has 0 spiro atoms. The van der Waals surface area contributed by atoms with Crippen molar-refractivity contribution in [3.05, 3.63) is 100.0 Å². The molecule has 8 heteroatoms. The number of aldehydes is 1. The molecule has 5 aromatic rings. The number of aromatic nitrogens is 3. The van der Waals surface area contributed by atoms with Crippen LogP contribution in [0.15, 0.2) is 72.9 Å². The summed E-state index contributed by atoms with van der Waals surface area (Å²) in [6, 6.07) is 19.6. The zero-order chi connectivity index (χ0) is 22.9. The maximum absolute atomic E-state index is 12.6. The number of benzene rings is 3. The molecule has 5 rings (SSSR count). The van der Waals surface area contributed by atoms with Gasteiger partial charge in [0.15, 0.2) is 6.29 Å². The van der Waals surface area contributed by atoms with Gasteiger partial charge in [0.25, 0.3) is 5.69 Å². The summed E-state index contributed by atoms with van der Waals surface area (Å²) in [5, 5.41) is 20.5. The number of carbonyl (C=O) groups excluding carboxylic acids is 2. The molecule has 1 N–H and O–H groups in total. The van der Waals surface area contributed by atoms with Gasteiger partial charge in [-0.2, -0.15) is 5.10 Å². The first-order valence-electron chi connectivity index (χ1n) is 10.1. The van der Waals surface area contributed by atoms with Gasteiger partial charge in [0.2, 0.25) is 5.78 Å². The lowest BCUT2D eigenvalue weighted by Crippen LogP contribution is -2.09. The lowest BCUT2D eigenvalue weighted by Gasteiger charge is -2.10. The minimum Gasteiger partial charge on any atom is -0.312 e. The summed E-state index contributed by atoms with van der Waals surface area (Å²) in [4.78, 5) is 35.1. The monoisotopic (exact) mass is 436 g/mol. The largest absolute Gasteiger partial charge is 0.312 e. The predicted octanol–water partition coefficient (Wildman–Crippen LogP) is 4.97. The van der Waals surface area contributed by atoms with Gasteiger partial charge in [0.1, 0.15) is 5.69 Å². The lowest BCUT2D eigenvalue weighted by molar-refractivity contribution is -0.383. The van der Waals surface area contributed by atoms with Crippen LogP contribution in [-0.2, 0) is 4.79 Å². The Hall–Kier alpha value is -4.85. The van der Waals surface area contributed by atoms with Crippen molar-refractivity contribution >= 4 is 51.6 Å². The van der Waals surface area contributed by atoms with Crippen LogP contribution in [0.1, 0.15) is 21.7 Å². The van der Waals surface area contributed by atoms with Crippen molar-refractivity contribution in [2.45, 2.75) is 0 Å². The number of rotatable bonds is 6. The molecule has 0 fully saturated rings. The number of aromatic amines is 1. The summed E-state index contributed by atoms with van der Waals surface area (Å²) >= 11 is 0. The van der Waals surface area contributed by atoms with Crippen molar-refractivity contribution in [2.75, 3.05) is 0 Å². The van der Waals surface area contributed by atoms with Crippen LogP contribution in [0.3, 0.4) is 0 Å². The zero-order valence-corrected chi connectivity index (χ0v) is 17.1. The number of Topliss-reactive ketones (excluding diaryl/α,β-unsaturated/α-hetero) is 1. The Morgan fingerprint density at radius 2 is 1.79 bits per heavy atom. The Kier molecular flexibility index (Phi) is 4.87. The molecule has 2 heterocycles. The van der Waals surface area contributed by atoms with E-state index in [9.17, 15) is 19.7 Å². The highest BCUT2D eigenvalue weighted by Crippen LogP contribution is 2.33. The molecule has 0 bridgehead atoms. The Morgan fingerprint density at radius 1 is 1.00 bits per heavy atom. The summed E-state index contributed by atoms with van der Waals surface area (Å²) in [6.45, 7) is 0. The highest BCUT2D eigenvalue weighted by molar-refractivity contribution is 6.36. The maximum atomic E-state index is 12.6. The molecule has 0 amide bonds. The van der Waals surface area contributed by atoms with Crippen LogP contribution >= 0.6 is 0 Å². The van der Waals surface area contributed by atoms with E-state index in [1.54, 1.807) is 30.5 Å². The highest BCUT2D eigenvalue weighted by Gasteiger charge is 2.25. The van der Waals surface area contributed by atoms with Gasteiger partial charge in [-0.25, -0.2) is 0 Å². The molecule has 0 saturated carbocycles. The lowest BCUT2D eigenvalue weighted by atomic mass is 10.1. The van der Waals surface area contributed by atoms with E-state index >= 15 is 0 Å². The number of para-hydroxylation sites is 2. The number of nitrogens with one attached hydrogen (secondary N) is 1. The van der Waals surface area contributed by atoms with Crippen LogP contribution in [0.5, 0.6) is 0 Å². The van der Waals surface area contributed by atoms with Crippen LogP contribution in [0.25, 0.3) is 39.5 Å². The van der Waals surface area contributed by atoms with Gasteiger partial charge in [-0.3, -0.25) is 24.8 Å². The molecule has 0 aliphatic rings. The van der Waals surface area contributed by atoms with Crippen LogP contribution in [0.2, 0.25) is 0 Å². The van der Waals surface area contributed by atoms with Crippen molar-refractivity contribution in [1.82, 2.24) is 14.8 Å². The van der Waals surface area contributed by atoms with Crippen molar-refractivity contribution < 1.29 is 14.5 Å². The van der Waals surface area contributed by atoms with Crippen molar-refractivity contribution in [3.63, 3.8) is 0 Å². The molecule has 0 unspecified atom stereocenters. The molecule has 2 aromatic heterocycles. The minimum atomic E-state index is -0.837. The van der Waals surface area contributed by atoms with Gasteiger partial charge in [0.05, 0.1) is 27.2 Å². The third kappa shape index (κ3) is 3.39. The molecule has 8 nitrogen and oxygen atoms in total. The molecule has 0 saturated heterocycles. The molecule has 0 aliphatic carbocycles. The second-order valence-corrected chi connectivity index (χ2v) is 7.37. The van der Waals surface area contributed by atoms with E-state index in [2.05, 4.69) is 10.2 Å². The number of hydrogen-bond donors (Lipinski definition) is 1. The van der Waals surface area contributed by atoms with E-state index in [0.29, 0.717) is 11.1 Å². The molecule has 33 heavy (non-hydrogen) atoms. The normalized spacial score (nSPS) is 11.4. The van der Waals surface area contributed by atoms with Gasteiger partial charge >= 0.3 is 0 Å². The number of nitro benzene ring substituents is 1. The molecule has 3 aromatic carbocycles. The van der Waals surface area contributed by atoms with E-state index in [-0.39, 0.29) is 23.1 Å². The molecular formula is C25H16N4O4. The van der Waals surface area contributed by atoms with Crippen LogP contribution in [0, 0.1) is 10.1 Å². The first-order chi connectivity index (χ1) is 16.1. The fourth-order valence-corrected chi connectivity index (χ4v) is 4.02. The first kappa shape index (κ1) is 20.1. The van der Waals surface area contributed by atoms with Crippen LogP contribution in [-0.4, -0.2) is 31.8 Å². The molecule has 0 atom stereocenters. The van der Waals surface area contributed by atoms with E-state index in [1.807, 2.05) is 48.6 Å². The topological polar surface area (TPSA) is 111 Å². The number of nitrogens with zero attached hydrogens (tertiary/aromatic N) is 3. The smallest absolute Gasteiger partial charge is 0.279 e. The third-order valence-electron chi connectivity index (χ3n) is 5.47. The summed E-state index contributed by atoms with van der Waals surface area (Å²) in [7, 11) is 0. The van der Waals surface area contributed by atoms with E-state index < -0.39 is 10.7 Å². The molecule has 0 aliphatic heterocycles. The van der Waals surface area contributed by atoms with Crippen LogP contribution in [0.4, 0.5) is 5.69 Å². The number of carbonyl (C=O) groups is 2. The average molecular weight is 436 g/mol. The minimum absolute atomic E-state index is 0.0432. The van der Waals surface area contributed by atoms with E-state index in [4.69, 9.17) is 0 Å². The second kappa shape index (κ2) is 8.01. The Morgan fingerprint density at radius 3 is 2.61 bits per heavy atom. The van der Waals surface area contributed by atoms with E-state index in [1.165, 1.54) is 10.6 Å². The summed E-state index contributed by atoms with van der Waals surface area (Å²) < 4.78 is 1.54. The molecular weight excluding hydrogens is 420 g/mol. The Labute approximate surface area is 186 Å². The Bertz CT molecular complexity index is 1590. The predicted molar refractivity (Wildman–Crippen MR) is 125 cm³/mol. The van der Waals surface area contributed by atoms with Crippen molar-refractivity contribution in [1.29, 1.82) is 0 Å². The first-order valence-corrected chi connectivity index (χ1v) is 10.1. The fraction of sp³-hybridized carbons (Fsp3) is 0. The van der Waals surface area contributed by atoms with Crippen molar-refractivity contribution in [3.8, 4) is 5.69 Å². The molecule has 160 valence electrons. The number of nitro groups is 1. The fourth-order valence-electron chi connectivity index (χ4n) is 4.02. The highest BCUT2D eigenvalue weighted by atomic mass is 16.6. The number of H-pyrrole nitrogens is 1. The standard InChI is InChI=1S/C25H16N4O4/c30-15-23(31)25-24-17(7-5-11-22(24)29(32)33)14-28(25)21-10-4-1-6-16(21)12-13-20-18-8-2-3-9-19(18)26-27-20/h1-15H,(H,26,27). The van der Waals surface area contributed by atoms with Gasteiger partial charge in [0, 0.05) is 23.0 Å². The number of ketones is 1. The zero-order valence-electron chi connectivity index (χ0n) is 17.1. The molecule has 0 radical (unpaired) electrons. The number of hydrogen-bond acceptors (Lipinski definition) is 5. The van der Waals surface area contributed by atoms with Gasteiger partial charge in [-0.05, 0) is 23.8 Å². The summed E-state index contributed by atoms with van der Waals surface area (Å²) in [5.74, 6) is -0.837. The van der Waals surface area contributed by atoms with E-state index in [0.717, 1.165) is 22.2 Å². The Balaban J connectivity index is 1.71. The van der Waals surface area contributed by atoms with Gasteiger partial charge in [-0.15, -0.1) is 0 Å². The quantitative estimate of drug-likeness (QED) is 0.133. The number of non-ortho nitro benzene ring substituents is 1. The van der Waals surface area contributed by atoms with Gasteiger partial charge in [-0.1, -0.05) is 54.6 Å². The third-order valence-corrected chi connectivity index (χ3v) is 5.47. The number of fused-ring (bicyclic) bond motifs is 2. The summed E-state index contributed by atoms with van der Waals surface area (Å²) in [5.41, 5.74) is 2.73.